The van der Waals surface area contributed by atoms with E-state index in [1.165, 1.54) is 19.6 Å². The van der Waals surface area contributed by atoms with Crippen molar-refractivity contribution < 1.29 is 27.1 Å². The summed E-state index contributed by atoms with van der Waals surface area (Å²) >= 11 is 0. The van der Waals surface area contributed by atoms with Crippen LogP contribution in [-0.4, -0.2) is 129 Å². The Morgan fingerprint density at radius 3 is 2.28 bits per heavy atom. The minimum Gasteiger partial charge on any atom is -0.469 e. The molecule has 3 heterocycles. The zero-order valence-electron chi connectivity index (χ0n) is 36.5. The van der Waals surface area contributed by atoms with Crippen molar-refractivity contribution in [3.63, 3.8) is 0 Å². The van der Waals surface area contributed by atoms with Crippen molar-refractivity contribution in [2.75, 3.05) is 109 Å². The number of anilines is 3. The van der Waals surface area contributed by atoms with Crippen molar-refractivity contribution in [1.29, 1.82) is 0 Å². The van der Waals surface area contributed by atoms with Gasteiger partial charge >= 0.3 is 5.97 Å². The third-order valence-electron chi connectivity index (χ3n) is 14.1. The first kappa shape index (κ1) is 44.7. The fraction of sp³-hybridized carbons (Fsp3) is 0.542. The number of halogens is 1. The van der Waals surface area contributed by atoms with Crippen molar-refractivity contribution in [3.8, 4) is 0 Å². The molecule has 0 aromatic heterocycles. The Hall–Kier alpha value is -4.30. The maximum atomic E-state index is 15.1. The molecular weight excluding hydrogens is 792 g/mol. The number of piperidine rings is 1. The molecule has 1 aliphatic carbocycles. The first-order valence-corrected chi connectivity index (χ1v) is 23.6. The molecule has 11 nitrogen and oxygen atoms in total. The molecule has 3 aliphatic heterocycles. The number of likely N-dealkylation sites (N-methyl/N-ethyl adjacent to an activating group) is 2. The highest BCUT2D eigenvalue weighted by atomic mass is 32.2. The highest BCUT2D eigenvalue weighted by Gasteiger charge is 2.53. The lowest BCUT2D eigenvalue weighted by Crippen LogP contribution is -2.58. The van der Waals surface area contributed by atoms with Gasteiger partial charge in [-0.25, -0.2) is 12.8 Å². The van der Waals surface area contributed by atoms with Crippen LogP contribution in [0.2, 0.25) is 0 Å². The minimum absolute atomic E-state index is 0.111. The van der Waals surface area contributed by atoms with Crippen molar-refractivity contribution >= 4 is 38.8 Å². The number of amides is 1. The molecule has 4 fully saturated rings. The van der Waals surface area contributed by atoms with Gasteiger partial charge in [0, 0.05) is 81.1 Å². The molecule has 1 saturated carbocycles. The SMILES string of the molecule is C=CC(=O)Nc1cc(N(C)CCN(C)C)cc(S(=O)(=O)c2ccc(N3CC(CN4CCC([C@@](CN5CCC5)(c5cccc(F)c5)[C@H]5CCC[C@@H]5CC(=O)OC)CC4)C3)cc2)c1. The number of hydrogen-bond donors (Lipinski definition) is 1. The van der Waals surface area contributed by atoms with E-state index in [0.717, 1.165) is 108 Å². The van der Waals surface area contributed by atoms with Crippen molar-refractivity contribution in [1.82, 2.24) is 14.7 Å². The van der Waals surface area contributed by atoms with Gasteiger partial charge in [0.1, 0.15) is 5.82 Å². The normalized spacial score (nSPS) is 21.4. The summed E-state index contributed by atoms with van der Waals surface area (Å²) in [5.74, 6) is 0.655. The number of esters is 1. The quantitative estimate of drug-likeness (QED) is 0.112. The van der Waals surface area contributed by atoms with Crippen LogP contribution in [0.4, 0.5) is 21.5 Å². The van der Waals surface area contributed by atoms with Crippen LogP contribution < -0.4 is 15.1 Å². The summed E-state index contributed by atoms with van der Waals surface area (Å²) in [4.78, 5) is 36.7. The third-order valence-corrected chi connectivity index (χ3v) is 15.8. The molecule has 0 bridgehead atoms. The maximum Gasteiger partial charge on any atom is 0.305 e. The number of likely N-dealkylation sites (tertiary alicyclic amines) is 2. The zero-order chi connectivity index (χ0) is 43.3. The van der Waals surface area contributed by atoms with Crippen LogP contribution in [0.3, 0.4) is 0 Å². The van der Waals surface area contributed by atoms with E-state index in [2.05, 4.69) is 37.6 Å². The second-order valence-corrected chi connectivity index (χ2v) is 20.2. The highest BCUT2D eigenvalue weighted by molar-refractivity contribution is 7.91. The zero-order valence-corrected chi connectivity index (χ0v) is 37.3. The standard InChI is InChI=1S/C48H65FN6O5S/c1-6-46(56)50-40-28-42(52(4)25-24-51(2)3)30-44(29-40)61(58,59)43-16-14-41(15-17-43)55-32-35(33-55)31-53-22-18-37(19-23-53)48(34-54-20-9-21-54,38-11-8-12-39(49)27-38)45-13-7-10-36(45)26-47(57)60-5/h6,8,11-12,14-17,27-30,35-37,45H,1,7,9-10,13,18-26,31-34H2,2-5H3,(H,50,56)/t36-,45+,48+/m1/s1. The summed E-state index contributed by atoms with van der Waals surface area (Å²) in [6, 6.07) is 19.4. The Morgan fingerprint density at radius 1 is 0.902 bits per heavy atom. The van der Waals surface area contributed by atoms with E-state index in [0.29, 0.717) is 42.1 Å². The van der Waals surface area contributed by atoms with Gasteiger partial charge in [-0.3, -0.25) is 9.59 Å². The van der Waals surface area contributed by atoms with Crippen molar-refractivity contribution in [3.05, 3.63) is 90.8 Å². The lowest BCUT2D eigenvalue weighted by atomic mass is 9.56. The van der Waals surface area contributed by atoms with Gasteiger partial charge in [-0.2, -0.15) is 0 Å². The van der Waals surface area contributed by atoms with Crippen LogP contribution in [0.5, 0.6) is 0 Å². The first-order valence-electron chi connectivity index (χ1n) is 22.1. The van der Waals surface area contributed by atoms with Gasteiger partial charge in [-0.1, -0.05) is 25.1 Å². The van der Waals surface area contributed by atoms with Gasteiger partial charge in [-0.15, -0.1) is 0 Å². The summed E-state index contributed by atoms with van der Waals surface area (Å²) in [6.07, 6.45) is 8.00. The number of sulfone groups is 1. The molecule has 61 heavy (non-hydrogen) atoms. The summed E-state index contributed by atoms with van der Waals surface area (Å²) in [6.45, 7) is 12.8. The van der Waals surface area contributed by atoms with E-state index in [1.807, 2.05) is 44.2 Å². The predicted molar refractivity (Wildman–Crippen MR) is 240 cm³/mol. The topological polar surface area (TPSA) is 106 Å². The van der Waals surface area contributed by atoms with Gasteiger partial charge in [0.05, 0.1) is 16.9 Å². The monoisotopic (exact) mass is 856 g/mol. The molecule has 0 radical (unpaired) electrons. The molecule has 330 valence electrons. The van der Waals surface area contributed by atoms with Crippen molar-refractivity contribution in [2.24, 2.45) is 23.7 Å². The number of benzene rings is 3. The van der Waals surface area contributed by atoms with Gasteiger partial charge in [0.2, 0.25) is 15.7 Å². The van der Waals surface area contributed by atoms with Gasteiger partial charge in [-0.05, 0) is 156 Å². The van der Waals surface area contributed by atoms with Crippen LogP contribution in [0, 0.1) is 29.5 Å². The van der Waals surface area contributed by atoms with Gasteiger partial charge in [0.15, 0.2) is 0 Å². The third kappa shape index (κ3) is 10.2. The average molecular weight is 857 g/mol. The lowest BCUT2D eigenvalue weighted by molar-refractivity contribution is -0.142. The summed E-state index contributed by atoms with van der Waals surface area (Å²) in [5.41, 5.74) is 2.94. The van der Waals surface area contributed by atoms with Crippen LogP contribution in [0.25, 0.3) is 0 Å². The fourth-order valence-corrected chi connectivity index (χ4v) is 11.9. The largest absolute Gasteiger partial charge is 0.469 e. The fourth-order valence-electron chi connectivity index (χ4n) is 10.6. The number of nitrogens with zero attached hydrogens (tertiary/aromatic N) is 5. The number of carbonyl (C=O) groups excluding carboxylic acids is 2. The van der Waals surface area contributed by atoms with Gasteiger partial charge < -0.3 is 34.6 Å². The van der Waals surface area contributed by atoms with Crippen LogP contribution in [-0.2, 0) is 29.6 Å². The van der Waals surface area contributed by atoms with Crippen LogP contribution in [0.15, 0.2) is 89.2 Å². The summed E-state index contributed by atoms with van der Waals surface area (Å²) in [7, 11) is 3.46. The number of rotatable bonds is 18. The molecule has 3 atom stereocenters. The van der Waals surface area contributed by atoms with Crippen LogP contribution >= 0.6 is 0 Å². The average Bonchev–Trinajstić information content (AvgIpc) is 3.69. The minimum atomic E-state index is -3.89. The Labute approximate surface area is 362 Å². The predicted octanol–water partition coefficient (Wildman–Crippen LogP) is 6.55. The molecule has 1 N–H and O–H groups in total. The Bertz CT molecular complexity index is 2120. The van der Waals surface area contributed by atoms with E-state index in [9.17, 15) is 18.0 Å². The Kier molecular flexibility index (Phi) is 14.2. The number of hydrogen-bond acceptors (Lipinski definition) is 10. The Balaban J connectivity index is 0.998. The highest BCUT2D eigenvalue weighted by Crippen LogP contribution is 2.54. The second-order valence-electron chi connectivity index (χ2n) is 18.2. The van der Waals surface area contributed by atoms with E-state index in [-0.39, 0.29) is 32.9 Å². The maximum absolute atomic E-state index is 15.1. The van der Waals surface area contributed by atoms with Crippen LogP contribution in [0.1, 0.15) is 50.5 Å². The van der Waals surface area contributed by atoms with Crippen molar-refractivity contribution in [2.45, 2.75) is 60.2 Å². The van der Waals surface area contributed by atoms with E-state index >= 15 is 4.39 Å². The molecular formula is C48H65FN6O5S. The molecule has 13 heteroatoms. The summed E-state index contributed by atoms with van der Waals surface area (Å²) in [5, 5.41) is 2.74. The second kappa shape index (κ2) is 19.4. The van der Waals surface area contributed by atoms with E-state index in [1.54, 1.807) is 36.4 Å². The van der Waals surface area contributed by atoms with E-state index < -0.39 is 15.7 Å². The molecule has 1 amide bonds. The van der Waals surface area contributed by atoms with E-state index in [4.69, 9.17) is 4.74 Å². The number of methoxy groups -OCH3 is 1. The number of nitrogens with one attached hydrogen (secondary N) is 1. The molecule has 0 unspecified atom stereocenters. The number of ether oxygens (including phenoxy) is 1. The smallest absolute Gasteiger partial charge is 0.305 e. The molecule has 0 spiro atoms. The Morgan fingerprint density at radius 2 is 1.64 bits per heavy atom. The molecule has 4 aliphatic rings. The number of carbonyl (C=O) groups is 2. The molecule has 3 aromatic rings. The molecule has 7 rings (SSSR count). The lowest BCUT2D eigenvalue weighted by Gasteiger charge is -2.54. The summed E-state index contributed by atoms with van der Waals surface area (Å²) < 4.78 is 48.3. The first-order chi connectivity index (χ1) is 29.3. The molecule has 3 saturated heterocycles. The molecule has 3 aromatic carbocycles. The van der Waals surface area contributed by atoms with Gasteiger partial charge in [0.25, 0.3) is 0 Å².